The molecule has 7 nitrogen and oxygen atoms in total. The van der Waals surface area contributed by atoms with Gasteiger partial charge in [0.2, 0.25) is 5.91 Å². The largest absolute Gasteiger partial charge is 0.493 e. The second-order valence-corrected chi connectivity index (χ2v) is 5.99. The molecule has 0 aliphatic carbocycles. The smallest absolute Gasteiger partial charge is 0.226 e. The Balaban J connectivity index is 1.59. The van der Waals surface area contributed by atoms with Crippen molar-refractivity contribution in [2.24, 2.45) is 0 Å². The first-order chi connectivity index (χ1) is 12.1. The van der Waals surface area contributed by atoms with Gasteiger partial charge >= 0.3 is 0 Å². The van der Waals surface area contributed by atoms with Gasteiger partial charge in [0.1, 0.15) is 17.4 Å². The maximum atomic E-state index is 12.9. The number of hydrogen-bond donors (Lipinski definition) is 1. The van der Waals surface area contributed by atoms with Crippen LogP contribution in [0.5, 0.6) is 5.75 Å². The minimum atomic E-state index is -0.323. The fraction of sp³-hybridized carbons (Fsp3) is 0.471. The SMILES string of the molecule is CO[C@@H]1C[C@@H](c2n[nH]c(C)n2)N(C(=O)CCOc2ccc(F)cc2)C1. The van der Waals surface area contributed by atoms with Crippen LogP contribution in [0.1, 0.15) is 30.5 Å². The summed E-state index contributed by atoms with van der Waals surface area (Å²) in [5.41, 5.74) is 0. The number of likely N-dealkylation sites (tertiary alicyclic amines) is 1. The molecule has 2 aromatic rings. The Labute approximate surface area is 145 Å². The Kier molecular flexibility index (Phi) is 5.28. The molecule has 1 amide bonds. The van der Waals surface area contributed by atoms with Gasteiger partial charge in [-0.15, -0.1) is 0 Å². The molecule has 0 unspecified atom stereocenters. The van der Waals surface area contributed by atoms with E-state index in [1.807, 2.05) is 6.92 Å². The maximum absolute atomic E-state index is 12.9. The number of aromatic amines is 1. The molecule has 134 valence electrons. The average molecular weight is 348 g/mol. The van der Waals surface area contributed by atoms with Crippen molar-refractivity contribution in [3.63, 3.8) is 0 Å². The fourth-order valence-corrected chi connectivity index (χ4v) is 2.93. The van der Waals surface area contributed by atoms with E-state index >= 15 is 0 Å². The van der Waals surface area contributed by atoms with Crippen LogP contribution < -0.4 is 4.74 Å². The van der Waals surface area contributed by atoms with E-state index in [0.29, 0.717) is 30.4 Å². The molecule has 2 atom stereocenters. The summed E-state index contributed by atoms with van der Waals surface area (Å²) in [5.74, 6) is 1.48. The van der Waals surface area contributed by atoms with Crippen LogP contribution in [0.4, 0.5) is 4.39 Å². The third-order valence-electron chi connectivity index (χ3n) is 4.23. The van der Waals surface area contributed by atoms with Gasteiger partial charge in [-0.25, -0.2) is 9.37 Å². The van der Waals surface area contributed by atoms with Gasteiger partial charge in [0.05, 0.1) is 25.2 Å². The van der Waals surface area contributed by atoms with Crippen LogP contribution >= 0.6 is 0 Å². The fourth-order valence-electron chi connectivity index (χ4n) is 2.93. The van der Waals surface area contributed by atoms with E-state index in [2.05, 4.69) is 15.2 Å². The van der Waals surface area contributed by atoms with Crippen LogP contribution in [0.15, 0.2) is 24.3 Å². The zero-order valence-electron chi connectivity index (χ0n) is 14.2. The summed E-state index contributed by atoms with van der Waals surface area (Å²) in [6, 6.07) is 5.52. The highest BCUT2D eigenvalue weighted by Crippen LogP contribution is 2.32. The molecule has 1 fully saturated rings. The molecule has 0 bridgehead atoms. The monoisotopic (exact) mass is 348 g/mol. The van der Waals surface area contributed by atoms with Crippen molar-refractivity contribution >= 4 is 5.91 Å². The summed E-state index contributed by atoms with van der Waals surface area (Å²) < 4.78 is 23.8. The van der Waals surface area contributed by atoms with E-state index in [0.717, 1.165) is 0 Å². The number of rotatable bonds is 6. The van der Waals surface area contributed by atoms with Crippen molar-refractivity contribution in [3.8, 4) is 5.75 Å². The molecule has 1 saturated heterocycles. The summed E-state index contributed by atoms with van der Waals surface area (Å²) in [5, 5.41) is 6.99. The topological polar surface area (TPSA) is 80.3 Å². The van der Waals surface area contributed by atoms with E-state index in [1.54, 1.807) is 12.0 Å². The predicted octanol–water partition coefficient (Wildman–Crippen LogP) is 2.01. The Morgan fingerprint density at radius 2 is 2.16 bits per heavy atom. The average Bonchev–Trinajstić information content (AvgIpc) is 3.22. The van der Waals surface area contributed by atoms with E-state index in [-0.39, 0.29) is 36.9 Å². The van der Waals surface area contributed by atoms with Crippen molar-refractivity contribution in [2.75, 3.05) is 20.3 Å². The first-order valence-electron chi connectivity index (χ1n) is 8.16. The summed E-state index contributed by atoms with van der Waals surface area (Å²) in [4.78, 5) is 18.7. The zero-order chi connectivity index (χ0) is 17.8. The Morgan fingerprint density at radius 3 is 2.80 bits per heavy atom. The molecule has 1 N–H and O–H groups in total. The number of nitrogens with zero attached hydrogens (tertiary/aromatic N) is 3. The zero-order valence-corrected chi connectivity index (χ0v) is 14.2. The third-order valence-corrected chi connectivity index (χ3v) is 4.23. The van der Waals surface area contributed by atoms with Crippen LogP contribution in [0.2, 0.25) is 0 Å². The van der Waals surface area contributed by atoms with Gasteiger partial charge in [-0.05, 0) is 31.2 Å². The first-order valence-corrected chi connectivity index (χ1v) is 8.16. The molecular formula is C17H21FN4O3. The lowest BCUT2D eigenvalue weighted by atomic mass is 10.2. The van der Waals surface area contributed by atoms with E-state index in [9.17, 15) is 9.18 Å². The predicted molar refractivity (Wildman–Crippen MR) is 87.5 cm³/mol. The van der Waals surface area contributed by atoms with Gasteiger partial charge in [0, 0.05) is 20.1 Å². The first kappa shape index (κ1) is 17.3. The number of methoxy groups -OCH3 is 1. The maximum Gasteiger partial charge on any atom is 0.226 e. The molecule has 1 aromatic carbocycles. The molecule has 2 heterocycles. The highest BCUT2D eigenvalue weighted by molar-refractivity contribution is 5.77. The highest BCUT2D eigenvalue weighted by atomic mass is 19.1. The molecule has 0 saturated carbocycles. The van der Waals surface area contributed by atoms with Crippen molar-refractivity contribution in [1.29, 1.82) is 0 Å². The molecule has 1 aliphatic heterocycles. The van der Waals surface area contributed by atoms with Crippen LogP contribution in [-0.2, 0) is 9.53 Å². The molecule has 0 spiro atoms. The normalized spacial score (nSPS) is 20.0. The number of nitrogens with one attached hydrogen (secondary N) is 1. The van der Waals surface area contributed by atoms with Gasteiger partial charge in [-0.1, -0.05) is 0 Å². The van der Waals surface area contributed by atoms with Crippen molar-refractivity contribution in [1.82, 2.24) is 20.1 Å². The molecule has 25 heavy (non-hydrogen) atoms. The number of halogens is 1. The second-order valence-electron chi connectivity index (χ2n) is 5.99. The van der Waals surface area contributed by atoms with Crippen molar-refractivity contribution in [3.05, 3.63) is 41.7 Å². The number of aromatic nitrogens is 3. The Morgan fingerprint density at radius 1 is 1.40 bits per heavy atom. The summed E-state index contributed by atoms with van der Waals surface area (Å²) >= 11 is 0. The lowest BCUT2D eigenvalue weighted by molar-refractivity contribution is -0.133. The molecule has 3 rings (SSSR count). The number of aryl methyl sites for hydroxylation is 1. The van der Waals surface area contributed by atoms with E-state index < -0.39 is 0 Å². The number of ether oxygens (including phenoxy) is 2. The van der Waals surface area contributed by atoms with Crippen LogP contribution in [0, 0.1) is 12.7 Å². The quantitative estimate of drug-likeness (QED) is 0.864. The molecular weight excluding hydrogens is 327 g/mol. The van der Waals surface area contributed by atoms with Gasteiger partial charge in [0.15, 0.2) is 5.82 Å². The Bertz CT molecular complexity index is 719. The minimum Gasteiger partial charge on any atom is -0.493 e. The Hall–Kier alpha value is -2.48. The standard InChI is InChI=1S/C17H21FN4O3/c1-11-19-17(21-20-11)15-9-14(24-2)10-22(15)16(23)7-8-25-13-5-3-12(18)4-6-13/h3-6,14-15H,7-10H2,1-2H3,(H,19,20,21)/t14-,15+/m1/s1. The van der Waals surface area contributed by atoms with Crippen molar-refractivity contribution < 1.29 is 18.7 Å². The van der Waals surface area contributed by atoms with Crippen molar-refractivity contribution in [2.45, 2.75) is 31.9 Å². The molecule has 1 aliphatic rings. The number of benzene rings is 1. The van der Waals surface area contributed by atoms with Gasteiger partial charge < -0.3 is 14.4 Å². The number of carbonyl (C=O) groups is 1. The minimum absolute atomic E-state index is 0.0363. The summed E-state index contributed by atoms with van der Waals surface area (Å²) in [6.45, 7) is 2.55. The summed E-state index contributed by atoms with van der Waals surface area (Å²) in [7, 11) is 1.64. The number of carbonyl (C=O) groups excluding carboxylic acids is 1. The van der Waals surface area contributed by atoms with Crippen LogP contribution in [-0.4, -0.2) is 52.4 Å². The van der Waals surface area contributed by atoms with E-state index in [4.69, 9.17) is 9.47 Å². The van der Waals surface area contributed by atoms with Gasteiger partial charge in [0.25, 0.3) is 0 Å². The highest BCUT2D eigenvalue weighted by Gasteiger charge is 2.38. The number of hydrogen-bond acceptors (Lipinski definition) is 5. The molecule has 1 aromatic heterocycles. The third kappa shape index (κ3) is 4.14. The molecule has 8 heteroatoms. The van der Waals surface area contributed by atoms with Gasteiger partial charge in [-0.3, -0.25) is 9.89 Å². The number of H-pyrrole nitrogens is 1. The van der Waals surface area contributed by atoms with Crippen LogP contribution in [0.25, 0.3) is 0 Å². The van der Waals surface area contributed by atoms with E-state index in [1.165, 1.54) is 24.3 Å². The van der Waals surface area contributed by atoms with Crippen LogP contribution in [0.3, 0.4) is 0 Å². The lowest BCUT2D eigenvalue weighted by Gasteiger charge is -2.22. The molecule has 0 radical (unpaired) electrons. The lowest BCUT2D eigenvalue weighted by Crippen LogP contribution is -2.33. The summed E-state index contributed by atoms with van der Waals surface area (Å²) in [6.07, 6.45) is 0.845. The van der Waals surface area contributed by atoms with Gasteiger partial charge in [-0.2, -0.15) is 5.10 Å². The number of amides is 1. The second kappa shape index (κ2) is 7.60.